The van der Waals surface area contributed by atoms with Gasteiger partial charge in [0.2, 0.25) is 0 Å². The maximum absolute atomic E-state index is 5.16. The third kappa shape index (κ3) is 2.73. The molecule has 1 fully saturated rings. The summed E-state index contributed by atoms with van der Waals surface area (Å²) in [6.45, 7) is 7.00. The highest BCUT2D eigenvalue weighted by molar-refractivity contribution is 5.62. The molecule has 2 heteroatoms. The average Bonchev–Trinajstić information content (AvgIpc) is 3.10. The minimum Gasteiger partial charge on any atom is -0.472 e. The SMILES string of the molecule is CN(CC1=CC[C@H]2C[C@@H]1C2(C)C)Cc1ccc(-c2ccoc2)cc1. The molecule has 1 aromatic carbocycles. The maximum Gasteiger partial charge on any atom is 0.0980 e. The summed E-state index contributed by atoms with van der Waals surface area (Å²) in [4.78, 5) is 2.45. The summed E-state index contributed by atoms with van der Waals surface area (Å²) in [6, 6.07) is 10.8. The third-order valence-electron chi connectivity index (χ3n) is 6.30. The first-order valence-electron chi connectivity index (χ1n) is 9.03. The summed E-state index contributed by atoms with van der Waals surface area (Å²) >= 11 is 0. The molecule has 3 aliphatic rings. The molecule has 24 heavy (non-hydrogen) atoms. The van der Waals surface area contributed by atoms with Crippen LogP contribution in [-0.2, 0) is 6.54 Å². The van der Waals surface area contributed by atoms with Crippen LogP contribution >= 0.6 is 0 Å². The zero-order valence-corrected chi connectivity index (χ0v) is 15.0. The Balaban J connectivity index is 1.38. The van der Waals surface area contributed by atoms with E-state index in [2.05, 4.69) is 56.1 Å². The van der Waals surface area contributed by atoms with Crippen LogP contribution in [0.2, 0.25) is 0 Å². The van der Waals surface area contributed by atoms with E-state index in [1.807, 2.05) is 6.07 Å². The molecule has 1 heterocycles. The number of allylic oxidation sites excluding steroid dienone is 1. The summed E-state index contributed by atoms with van der Waals surface area (Å²) in [5, 5.41) is 0. The first kappa shape index (κ1) is 15.7. The molecule has 2 bridgehead atoms. The number of furan rings is 1. The van der Waals surface area contributed by atoms with Gasteiger partial charge in [-0.05, 0) is 54.3 Å². The van der Waals surface area contributed by atoms with Crippen molar-refractivity contribution < 1.29 is 4.42 Å². The number of nitrogens with zero attached hydrogens (tertiary/aromatic N) is 1. The summed E-state index contributed by atoms with van der Waals surface area (Å²) < 4.78 is 5.16. The molecule has 2 aromatic rings. The average molecular weight is 321 g/mol. The zero-order chi connectivity index (χ0) is 16.7. The van der Waals surface area contributed by atoms with E-state index in [0.717, 1.165) is 30.5 Å². The van der Waals surface area contributed by atoms with Crippen LogP contribution in [0, 0.1) is 17.3 Å². The van der Waals surface area contributed by atoms with Gasteiger partial charge in [0, 0.05) is 18.7 Å². The molecule has 0 amide bonds. The van der Waals surface area contributed by atoms with Gasteiger partial charge in [-0.15, -0.1) is 0 Å². The fraction of sp³-hybridized carbons (Fsp3) is 0.455. The van der Waals surface area contributed by atoms with Crippen LogP contribution in [0.1, 0.15) is 32.3 Å². The summed E-state index contributed by atoms with van der Waals surface area (Å²) in [7, 11) is 2.24. The minimum absolute atomic E-state index is 0.525. The van der Waals surface area contributed by atoms with E-state index in [4.69, 9.17) is 4.42 Å². The number of hydrogen-bond acceptors (Lipinski definition) is 2. The summed E-state index contributed by atoms with van der Waals surface area (Å²) in [6.07, 6.45) is 8.73. The van der Waals surface area contributed by atoms with Crippen LogP contribution in [0.5, 0.6) is 0 Å². The van der Waals surface area contributed by atoms with Crippen molar-refractivity contribution in [1.82, 2.24) is 4.90 Å². The second-order valence-electron chi connectivity index (χ2n) is 8.20. The van der Waals surface area contributed by atoms with Gasteiger partial charge in [-0.1, -0.05) is 49.8 Å². The van der Waals surface area contributed by atoms with Crippen LogP contribution < -0.4 is 0 Å². The molecular formula is C22H27NO. The van der Waals surface area contributed by atoms with Crippen LogP contribution in [0.15, 0.2) is 58.9 Å². The van der Waals surface area contributed by atoms with Crippen molar-refractivity contribution in [1.29, 1.82) is 0 Å². The molecule has 5 rings (SSSR count). The molecule has 0 aliphatic heterocycles. The second-order valence-corrected chi connectivity index (χ2v) is 8.20. The van der Waals surface area contributed by atoms with Crippen molar-refractivity contribution in [2.24, 2.45) is 17.3 Å². The lowest BCUT2D eigenvalue weighted by atomic mass is 9.49. The van der Waals surface area contributed by atoms with Gasteiger partial charge < -0.3 is 4.42 Å². The Bertz CT molecular complexity index is 724. The molecule has 0 spiro atoms. The fourth-order valence-corrected chi connectivity index (χ4v) is 4.57. The molecule has 1 aromatic heterocycles. The lowest BCUT2D eigenvalue weighted by molar-refractivity contribution is -0.0101. The molecule has 0 radical (unpaired) electrons. The van der Waals surface area contributed by atoms with Crippen molar-refractivity contribution in [3.8, 4) is 11.1 Å². The molecule has 2 nitrogen and oxygen atoms in total. The van der Waals surface area contributed by atoms with Crippen LogP contribution in [0.4, 0.5) is 0 Å². The van der Waals surface area contributed by atoms with E-state index in [-0.39, 0.29) is 0 Å². The molecule has 126 valence electrons. The lowest BCUT2D eigenvalue weighted by Gasteiger charge is -2.57. The molecule has 0 N–H and O–H groups in total. The Morgan fingerprint density at radius 3 is 2.50 bits per heavy atom. The minimum atomic E-state index is 0.525. The van der Waals surface area contributed by atoms with Crippen LogP contribution in [0.25, 0.3) is 11.1 Å². The molecule has 2 atom stereocenters. The van der Waals surface area contributed by atoms with Crippen LogP contribution in [-0.4, -0.2) is 18.5 Å². The zero-order valence-electron chi connectivity index (χ0n) is 15.0. The van der Waals surface area contributed by atoms with Gasteiger partial charge in [-0.25, -0.2) is 0 Å². The normalized spacial score (nSPS) is 24.6. The number of likely N-dealkylation sites (N-methyl/N-ethyl adjacent to an activating group) is 1. The van der Waals surface area contributed by atoms with Gasteiger partial charge in [-0.3, -0.25) is 4.90 Å². The highest BCUT2D eigenvalue weighted by Crippen LogP contribution is 2.59. The highest BCUT2D eigenvalue weighted by Gasteiger charge is 2.50. The standard InChI is InChI=1S/C22H27NO/c1-22(2)20-9-8-18(21(22)12-20)14-23(3)13-16-4-6-17(7-5-16)19-10-11-24-15-19/h4-8,10-11,15,20-21H,9,12-14H2,1-3H3/t20-,21-/m0/s1. The predicted molar refractivity (Wildman–Crippen MR) is 98.6 cm³/mol. The van der Waals surface area contributed by atoms with Gasteiger partial charge >= 0.3 is 0 Å². The van der Waals surface area contributed by atoms with E-state index in [1.165, 1.54) is 24.0 Å². The Morgan fingerprint density at radius 1 is 1.08 bits per heavy atom. The van der Waals surface area contributed by atoms with Crippen molar-refractivity contribution in [3.05, 3.63) is 60.1 Å². The smallest absolute Gasteiger partial charge is 0.0980 e. The number of hydrogen-bond donors (Lipinski definition) is 0. The largest absolute Gasteiger partial charge is 0.472 e. The van der Waals surface area contributed by atoms with Gasteiger partial charge in [0.25, 0.3) is 0 Å². The lowest BCUT2D eigenvalue weighted by Crippen LogP contribution is -2.49. The molecule has 0 saturated heterocycles. The van der Waals surface area contributed by atoms with E-state index < -0.39 is 0 Å². The second kappa shape index (κ2) is 5.93. The summed E-state index contributed by atoms with van der Waals surface area (Å²) in [5.74, 6) is 1.73. The van der Waals surface area contributed by atoms with Crippen molar-refractivity contribution in [2.75, 3.05) is 13.6 Å². The Morgan fingerprint density at radius 2 is 1.88 bits per heavy atom. The monoisotopic (exact) mass is 321 g/mol. The Hall–Kier alpha value is -1.80. The predicted octanol–water partition coefficient (Wildman–Crippen LogP) is 5.37. The van der Waals surface area contributed by atoms with Gasteiger partial charge in [0.15, 0.2) is 0 Å². The van der Waals surface area contributed by atoms with E-state index >= 15 is 0 Å². The quantitative estimate of drug-likeness (QED) is 0.688. The maximum atomic E-state index is 5.16. The first-order valence-corrected chi connectivity index (χ1v) is 9.03. The van der Waals surface area contributed by atoms with E-state index in [1.54, 1.807) is 18.1 Å². The van der Waals surface area contributed by atoms with Gasteiger partial charge in [-0.2, -0.15) is 0 Å². The highest BCUT2D eigenvalue weighted by atomic mass is 16.3. The Labute approximate surface area is 145 Å². The fourth-order valence-electron chi connectivity index (χ4n) is 4.57. The number of benzene rings is 1. The van der Waals surface area contributed by atoms with Gasteiger partial charge in [0.05, 0.1) is 12.5 Å². The molecule has 0 unspecified atom stereocenters. The molecular weight excluding hydrogens is 294 g/mol. The van der Waals surface area contributed by atoms with Crippen molar-refractivity contribution in [2.45, 2.75) is 33.2 Å². The molecule has 3 aliphatic carbocycles. The topological polar surface area (TPSA) is 16.4 Å². The number of rotatable bonds is 5. The summed E-state index contributed by atoms with van der Waals surface area (Å²) in [5.41, 5.74) is 5.92. The number of fused-ring (bicyclic) bond motifs is 1. The van der Waals surface area contributed by atoms with Gasteiger partial charge in [0.1, 0.15) is 0 Å². The Kier molecular flexibility index (Phi) is 3.88. The van der Waals surface area contributed by atoms with E-state index in [0.29, 0.717) is 5.41 Å². The first-order chi connectivity index (χ1) is 11.5. The third-order valence-corrected chi connectivity index (χ3v) is 6.30. The van der Waals surface area contributed by atoms with Crippen molar-refractivity contribution >= 4 is 0 Å². The molecule has 1 saturated carbocycles. The van der Waals surface area contributed by atoms with Crippen LogP contribution in [0.3, 0.4) is 0 Å². The van der Waals surface area contributed by atoms with Crippen molar-refractivity contribution in [3.63, 3.8) is 0 Å². The van der Waals surface area contributed by atoms with E-state index in [9.17, 15) is 0 Å².